The second kappa shape index (κ2) is 6.14. The van der Waals surface area contributed by atoms with Crippen LogP contribution in [-0.4, -0.2) is 58.8 Å². The molecule has 3 N–H and O–H groups in total. The van der Waals surface area contributed by atoms with E-state index in [0.717, 1.165) is 36.9 Å². The number of anilines is 1. The number of aromatic nitrogens is 1. The highest BCUT2D eigenvalue weighted by Crippen LogP contribution is 2.39. The smallest absolute Gasteiger partial charge is 0.386 e. The lowest BCUT2D eigenvalue weighted by Crippen LogP contribution is -2.72. The average molecular weight is 319 g/mol. The molecule has 0 spiro atoms. The number of nitrogens with zero attached hydrogens (tertiary/aromatic N) is 2. The Bertz CT molecular complexity index is 536. The lowest BCUT2D eigenvalue weighted by molar-refractivity contribution is -0.851. The number of aliphatic hydroxyl groups is 1. The SMILES string of the molecule is CB[N+]12CCC(CC1)C(O)(CNC(=S)Nc1cccnc1)C2. The zero-order valence-corrected chi connectivity index (χ0v) is 13.9. The molecule has 22 heavy (non-hydrogen) atoms. The number of fused-ring (bicyclic) bond motifs is 3. The summed E-state index contributed by atoms with van der Waals surface area (Å²) in [5.74, 6) is 0.396. The van der Waals surface area contributed by atoms with Crippen LogP contribution < -0.4 is 10.6 Å². The number of rotatable bonds is 4. The van der Waals surface area contributed by atoms with E-state index in [1.165, 1.54) is 13.1 Å². The minimum atomic E-state index is -0.646. The van der Waals surface area contributed by atoms with Gasteiger partial charge in [0.25, 0.3) is 0 Å². The van der Waals surface area contributed by atoms with Gasteiger partial charge in [0.15, 0.2) is 5.11 Å². The molecule has 3 fully saturated rings. The normalized spacial score (nSPS) is 33.3. The fourth-order valence-electron chi connectivity index (χ4n) is 3.99. The van der Waals surface area contributed by atoms with E-state index in [1.807, 2.05) is 12.1 Å². The first-order valence-corrected chi connectivity index (χ1v) is 8.48. The third-order valence-corrected chi connectivity index (χ3v) is 5.66. The van der Waals surface area contributed by atoms with Crippen LogP contribution in [0.1, 0.15) is 12.8 Å². The molecule has 0 aliphatic carbocycles. The van der Waals surface area contributed by atoms with Crippen molar-refractivity contribution >= 4 is 30.4 Å². The zero-order chi connectivity index (χ0) is 15.6. The predicted molar refractivity (Wildman–Crippen MR) is 94.0 cm³/mol. The first-order valence-electron chi connectivity index (χ1n) is 8.08. The van der Waals surface area contributed by atoms with Crippen molar-refractivity contribution in [2.24, 2.45) is 5.92 Å². The number of hydrogen-bond donors (Lipinski definition) is 3. The minimum Gasteiger partial charge on any atom is -0.394 e. The van der Waals surface area contributed by atoms with Gasteiger partial charge in [-0.25, -0.2) is 0 Å². The number of nitrogens with one attached hydrogen (secondary N) is 2. The summed E-state index contributed by atoms with van der Waals surface area (Å²) in [4.78, 5) is 4.05. The van der Waals surface area contributed by atoms with Gasteiger partial charge in [-0.05, 0) is 31.2 Å². The summed E-state index contributed by atoms with van der Waals surface area (Å²) < 4.78 is 1.05. The van der Waals surface area contributed by atoms with E-state index in [4.69, 9.17) is 12.2 Å². The highest BCUT2D eigenvalue weighted by molar-refractivity contribution is 7.80. The topological polar surface area (TPSA) is 57.2 Å². The highest BCUT2D eigenvalue weighted by atomic mass is 32.1. The number of hydrogen-bond acceptors (Lipinski definition) is 3. The fourth-order valence-corrected chi connectivity index (χ4v) is 4.18. The van der Waals surface area contributed by atoms with Crippen molar-refractivity contribution in [2.45, 2.75) is 25.3 Å². The second-order valence-corrected chi connectivity index (χ2v) is 7.10. The van der Waals surface area contributed by atoms with E-state index in [0.29, 0.717) is 17.6 Å². The molecule has 3 aliphatic rings. The van der Waals surface area contributed by atoms with Crippen LogP contribution in [-0.2, 0) is 0 Å². The standard InChI is InChI=1S/C15H23BN4OS/c1-16-20-7-4-12(5-8-20)15(21,11-20)10-18-14(22)19-13-3-2-6-17-9-13/h2-3,6,9,12,16,21H,4-5,7-8,10-11H2,1H3,(H-,18,19,22)/p+1. The summed E-state index contributed by atoms with van der Waals surface area (Å²) in [5, 5.41) is 17.9. The first-order chi connectivity index (χ1) is 10.6. The Hall–Kier alpha value is -1.18. The maximum atomic E-state index is 11.1. The summed E-state index contributed by atoms with van der Waals surface area (Å²) >= 11 is 5.33. The van der Waals surface area contributed by atoms with Crippen molar-refractivity contribution in [3.8, 4) is 0 Å². The molecule has 1 aromatic heterocycles. The van der Waals surface area contributed by atoms with Crippen molar-refractivity contribution in [3.63, 3.8) is 0 Å². The molecule has 0 radical (unpaired) electrons. The molecule has 0 amide bonds. The van der Waals surface area contributed by atoms with Gasteiger partial charge >= 0.3 is 7.41 Å². The van der Waals surface area contributed by atoms with Crippen LogP contribution >= 0.6 is 12.2 Å². The van der Waals surface area contributed by atoms with Gasteiger partial charge in [-0.1, -0.05) is 0 Å². The van der Waals surface area contributed by atoms with Crippen LogP contribution in [0.25, 0.3) is 0 Å². The van der Waals surface area contributed by atoms with Crippen LogP contribution in [0.5, 0.6) is 0 Å². The fraction of sp³-hybridized carbons (Fsp3) is 0.600. The van der Waals surface area contributed by atoms with Gasteiger partial charge in [0.1, 0.15) is 5.60 Å². The summed E-state index contributed by atoms with van der Waals surface area (Å²) in [6, 6.07) is 3.78. The van der Waals surface area contributed by atoms with Crippen LogP contribution in [0.15, 0.2) is 24.5 Å². The van der Waals surface area contributed by atoms with E-state index >= 15 is 0 Å². The predicted octanol–water partition coefficient (Wildman–Crippen LogP) is 0.739. The average Bonchev–Trinajstić information content (AvgIpc) is 2.55. The quantitative estimate of drug-likeness (QED) is 0.565. The molecule has 1 unspecified atom stereocenters. The Kier molecular flexibility index (Phi) is 4.39. The Morgan fingerprint density at radius 2 is 2.32 bits per heavy atom. The van der Waals surface area contributed by atoms with Crippen LogP contribution in [0, 0.1) is 5.92 Å². The molecule has 1 atom stereocenters. The van der Waals surface area contributed by atoms with Gasteiger partial charge < -0.3 is 20.1 Å². The van der Waals surface area contributed by atoms with E-state index in [9.17, 15) is 5.11 Å². The Labute approximate surface area is 138 Å². The summed E-state index contributed by atoms with van der Waals surface area (Å²) in [6.45, 7) is 6.01. The molecule has 0 saturated carbocycles. The van der Waals surface area contributed by atoms with Crippen LogP contribution in [0.3, 0.4) is 0 Å². The number of thiocarbonyl (C=S) groups is 1. The molecule has 0 aromatic carbocycles. The number of piperidine rings is 3. The van der Waals surface area contributed by atoms with Crippen LogP contribution in [0.2, 0.25) is 6.82 Å². The lowest BCUT2D eigenvalue weighted by Gasteiger charge is -2.57. The molecule has 4 rings (SSSR count). The Balaban J connectivity index is 1.57. The first kappa shape index (κ1) is 15.7. The van der Waals surface area contributed by atoms with Gasteiger partial charge in [-0.15, -0.1) is 0 Å². The van der Waals surface area contributed by atoms with Gasteiger partial charge in [0, 0.05) is 25.0 Å². The van der Waals surface area contributed by atoms with Crippen molar-refractivity contribution in [1.29, 1.82) is 0 Å². The van der Waals surface area contributed by atoms with Gasteiger partial charge in [-0.2, -0.15) is 0 Å². The van der Waals surface area contributed by atoms with Gasteiger partial charge in [-0.3, -0.25) is 4.98 Å². The van der Waals surface area contributed by atoms with Crippen LogP contribution in [0.4, 0.5) is 5.69 Å². The van der Waals surface area contributed by atoms with E-state index in [-0.39, 0.29) is 0 Å². The van der Waals surface area contributed by atoms with Crippen molar-refractivity contribution < 1.29 is 9.50 Å². The number of quaternary nitrogens is 1. The molecule has 1 aromatic rings. The van der Waals surface area contributed by atoms with E-state index < -0.39 is 5.60 Å². The van der Waals surface area contributed by atoms with E-state index in [2.05, 4.69) is 22.4 Å². The summed E-state index contributed by atoms with van der Waals surface area (Å²) in [7, 11) is 1.10. The van der Waals surface area contributed by atoms with Gasteiger partial charge in [0.05, 0.1) is 38.1 Å². The summed E-state index contributed by atoms with van der Waals surface area (Å²) in [6.07, 6.45) is 5.70. The minimum absolute atomic E-state index is 0.396. The maximum absolute atomic E-state index is 11.1. The zero-order valence-electron chi connectivity index (χ0n) is 13.1. The molecule has 4 heterocycles. The monoisotopic (exact) mass is 319 g/mol. The molecule has 118 valence electrons. The maximum Gasteiger partial charge on any atom is 0.386 e. The molecular formula is C15H24BN4OS+. The molecule has 3 aliphatic heterocycles. The molecule has 3 saturated heterocycles. The third-order valence-electron chi connectivity index (χ3n) is 5.42. The Morgan fingerprint density at radius 1 is 1.55 bits per heavy atom. The number of pyridine rings is 1. The van der Waals surface area contributed by atoms with Crippen molar-refractivity contribution in [3.05, 3.63) is 24.5 Å². The van der Waals surface area contributed by atoms with Crippen molar-refractivity contribution in [2.75, 3.05) is 31.5 Å². The molecule has 5 nitrogen and oxygen atoms in total. The Morgan fingerprint density at radius 3 is 2.95 bits per heavy atom. The largest absolute Gasteiger partial charge is 0.394 e. The highest BCUT2D eigenvalue weighted by Gasteiger charge is 2.53. The van der Waals surface area contributed by atoms with Gasteiger partial charge in [0.2, 0.25) is 0 Å². The molecule has 7 heteroatoms. The lowest BCUT2D eigenvalue weighted by atomic mass is 9.68. The molecular weight excluding hydrogens is 295 g/mol. The second-order valence-electron chi connectivity index (χ2n) is 6.69. The van der Waals surface area contributed by atoms with Crippen molar-refractivity contribution in [1.82, 2.24) is 10.3 Å². The van der Waals surface area contributed by atoms with E-state index in [1.54, 1.807) is 12.4 Å². The molecule has 2 bridgehead atoms. The third kappa shape index (κ3) is 3.11. The summed E-state index contributed by atoms with van der Waals surface area (Å²) in [5.41, 5.74) is 0.214.